The van der Waals surface area contributed by atoms with Gasteiger partial charge >= 0.3 is 0 Å². The van der Waals surface area contributed by atoms with Gasteiger partial charge in [0.1, 0.15) is 0 Å². The first-order chi connectivity index (χ1) is 10.1. The molecule has 6 heteroatoms. The summed E-state index contributed by atoms with van der Waals surface area (Å²) < 4.78 is 0.970. The van der Waals surface area contributed by atoms with E-state index in [0.29, 0.717) is 15.6 Å². The van der Waals surface area contributed by atoms with Crippen molar-refractivity contribution in [1.82, 2.24) is 5.43 Å². The number of benzene rings is 2. The molecule has 3 nitrogen and oxygen atoms in total. The summed E-state index contributed by atoms with van der Waals surface area (Å²) in [6, 6.07) is 12.7. The molecular formula is C15H11BrCl2N2O. The normalized spacial score (nSPS) is 10.8. The van der Waals surface area contributed by atoms with E-state index in [4.69, 9.17) is 23.2 Å². The van der Waals surface area contributed by atoms with Gasteiger partial charge in [-0.1, -0.05) is 57.3 Å². The van der Waals surface area contributed by atoms with Crippen LogP contribution in [0.4, 0.5) is 0 Å². The number of nitrogens with zero attached hydrogens (tertiary/aromatic N) is 1. The Labute approximate surface area is 141 Å². The summed E-state index contributed by atoms with van der Waals surface area (Å²) >= 11 is 15.3. The maximum absolute atomic E-state index is 11.8. The van der Waals surface area contributed by atoms with Crippen LogP contribution in [0, 0.1) is 0 Å². The molecule has 0 atom stereocenters. The molecule has 0 saturated carbocycles. The third kappa shape index (κ3) is 4.84. The van der Waals surface area contributed by atoms with Crippen molar-refractivity contribution in [2.75, 3.05) is 0 Å². The maximum Gasteiger partial charge on any atom is 0.244 e. The quantitative estimate of drug-likeness (QED) is 0.613. The van der Waals surface area contributed by atoms with E-state index in [-0.39, 0.29) is 12.3 Å². The molecule has 0 aliphatic rings. The Balaban J connectivity index is 1.95. The summed E-state index contributed by atoms with van der Waals surface area (Å²) in [6.07, 6.45) is 1.69. The second-order valence-corrected chi connectivity index (χ2v) is 5.96. The Kier molecular flexibility index (Phi) is 5.79. The van der Waals surface area contributed by atoms with E-state index in [1.807, 2.05) is 24.3 Å². The fourth-order valence-corrected chi connectivity index (χ4v) is 2.39. The smallest absolute Gasteiger partial charge is 0.244 e. The minimum Gasteiger partial charge on any atom is -0.273 e. The molecule has 0 unspecified atom stereocenters. The first-order valence-electron chi connectivity index (χ1n) is 6.06. The van der Waals surface area contributed by atoms with Gasteiger partial charge in [-0.3, -0.25) is 4.79 Å². The minimum absolute atomic E-state index is 0.211. The van der Waals surface area contributed by atoms with E-state index in [1.54, 1.807) is 18.2 Å². The van der Waals surface area contributed by atoms with Gasteiger partial charge in [0.25, 0.3) is 0 Å². The second kappa shape index (κ2) is 7.59. The zero-order chi connectivity index (χ0) is 15.2. The predicted molar refractivity (Wildman–Crippen MR) is 90.0 cm³/mol. The molecule has 1 N–H and O–H groups in total. The molecule has 0 aromatic heterocycles. The first kappa shape index (κ1) is 16.0. The van der Waals surface area contributed by atoms with Gasteiger partial charge in [0.05, 0.1) is 22.7 Å². The highest BCUT2D eigenvalue weighted by atomic mass is 79.9. The predicted octanol–water partition coefficient (Wildman–Crippen LogP) is 4.45. The molecule has 0 saturated heterocycles. The molecule has 21 heavy (non-hydrogen) atoms. The Morgan fingerprint density at radius 2 is 1.76 bits per heavy atom. The van der Waals surface area contributed by atoms with Crippen molar-refractivity contribution in [3.05, 3.63) is 68.1 Å². The minimum atomic E-state index is -0.211. The third-order valence-electron chi connectivity index (χ3n) is 2.66. The summed E-state index contributed by atoms with van der Waals surface area (Å²) in [6.45, 7) is 0. The number of hydrazone groups is 1. The number of carbonyl (C=O) groups is 1. The summed E-state index contributed by atoms with van der Waals surface area (Å²) in [7, 11) is 0. The van der Waals surface area contributed by atoms with Crippen LogP contribution in [-0.4, -0.2) is 12.1 Å². The van der Waals surface area contributed by atoms with E-state index in [9.17, 15) is 4.79 Å². The number of carbonyl (C=O) groups excluding carboxylic acids is 1. The molecule has 0 spiro atoms. The van der Waals surface area contributed by atoms with E-state index >= 15 is 0 Å². The highest BCUT2D eigenvalue weighted by molar-refractivity contribution is 9.10. The van der Waals surface area contributed by atoms with Crippen LogP contribution < -0.4 is 5.43 Å². The Morgan fingerprint density at radius 1 is 1.14 bits per heavy atom. The highest BCUT2D eigenvalue weighted by Crippen LogP contribution is 2.21. The van der Waals surface area contributed by atoms with Gasteiger partial charge in [0.2, 0.25) is 5.91 Å². The van der Waals surface area contributed by atoms with Crippen LogP contribution >= 0.6 is 39.1 Å². The van der Waals surface area contributed by atoms with Crippen molar-refractivity contribution in [2.24, 2.45) is 5.10 Å². The molecule has 2 rings (SSSR count). The lowest BCUT2D eigenvalue weighted by Gasteiger charge is -2.02. The molecule has 2 aromatic rings. The fraction of sp³-hybridized carbons (Fsp3) is 0.0667. The summed E-state index contributed by atoms with van der Waals surface area (Å²) in [4.78, 5) is 11.8. The van der Waals surface area contributed by atoms with Crippen LogP contribution in [0.5, 0.6) is 0 Å². The van der Waals surface area contributed by atoms with E-state index in [1.165, 1.54) is 6.21 Å². The SMILES string of the molecule is O=C(Cc1ccc(Br)cc1)N/N=C\c1c(Cl)cccc1Cl. The van der Waals surface area contributed by atoms with Gasteiger partial charge in [-0.15, -0.1) is 0 Å². The molecular weight excluding hydrogens is 375 g/mol. The molecule has 0 heterocycles. The number of amides is 1. The van der Waals surface area contributed by atoms with Crippen LogP contribution in [0.1, 0.15) is 11.1 Å². The van der Waals surface area contributed by atoms with Crippen LogP contribution in [0.15, 0.2) is 52.0 Å². The van der Waals surface area contributed by atoms with Crippen molar-refractivity contribution < 1.29 is 4.79 Å². The van der Waals surface area contributed by atoms with Crippen LogP contribution in [0.2, 0.25) is 10.0 Å². The second-order valence-electron chi connectivity index (χ2n) is 4.23. The van der Waals surface area contributed by atoms with Crippen molar-refractivity contribution in [1.29, 1.82) is 0 Å². The Morgan fingerprint density at radius 3 is 2.38 bits per heavy atom. The average molecular weight is 386 g/mol. The number of hydrogen-bond donors (Lipinski definition) is 1. The van der Waals surface area contributed by atoms with Crippen molar-refractivity contribution in [3.8, 4) is 0 Å². The van der Waals surface area contributed by atoms with Gasteiger partial charge in [-0.2, -0.15) is 5.10 Å². The van der Waals surface area contributed by atoms with Crippen LogP contribution in [0.25, 0.3) is 0 Å². The van der Waals surface area contributed by atoms with Crippen molar-refractivity contribution in [2.45, 2.75) is 6.42 Å². The molecule has 0 radical (unpaired) electrons. The van der Waals surface area contributed by atoms with Gasteiger partial charge in [0.15, 0.2) is 0 Å². The van der Waals surface area contributed by atoms with Crippen molar-refractivity contribution >= 4 is 51.3 Å². The van der Waals surface area contributed by atoms with Gasteiger partial charge in [-0.25, -0.2) is 5.43 Å². The highest BCUT2D eigenvalue weighted by Gasteiger charge is 2.04. The number of hydrogen-bond acceptors (Lipinski definition) is 2. The molecule has 0 fully saturated rings. The lowest BCUT2D eigenvalue weighted by Crippen LogP contribution is -2.19. The van der Waals surface area contributed by atoms with Crippen LogP contribution in [-0.2, 0) is 11.2 Å². The van der Waals surface area contributed by atoms with Crippen molar-refractivity contribution in [3.63, 3.8) is 0 Å². The lowest BCUT2D eigenvalue weighted by atomic mass is 10.1. The molecule has 0 aliphatic heterocycles. The summed E-state index contributed by atoms with van der Waals surface area (Å²) in [5.41, 5.74) is 3.93. The molecule has 108 valence electrons. The van der Waals surface area contributed by atoms with E-state index < -0.39 is 0 Å². The van der Waals surface area contributed by atoms with Gasteiger partial charge in [-0.05, 0) is 29.8 Å². The van der Waals surface area contributed by atoms with Crippen LogP contribution in [0.3, 0.4) is 0 Å². The lowest BCUT2D eigenvalue weighted by molar-refractivity contribution is -0.120. The monoisotopic (exact) mass is 384 g/mol. The van der Waals surface area contributed by atoms with Gasteiger partial charge in [0, 0.05) is 10.0 Å². The largest absolute Gasteiger partial charge is 0.273 e. The Bertz CT molecular complexity index is 652. The molecule has 0 aliphatic carbocycles. The molecule has 2 aromatic carbocycles. The molecule has 1 amide bonds. The average Bonchev–Trinajstić information content (AvgIpc) is 2.45. The molecule has 0 bridgehead atoms. The number of rotatable bonds is 4. The van der Waals surface area contributed by atoms with E-state index in [0.717, 1.165) is 10.0 Å². The topological polar surface area (TPSA) is 41.5 Å². The standard InChI is InChI=1S/C15H11BrCl2N2O/c16-11-6-4-10(5-7-11)8-15(21)20-19-9-12-13(17)2-1-3-14(12)18/h1-7,9H,8H2,(H,20,21)/b19-9-. The number of nitrogens with one attached hydrogen (secondary N) is 1. The first-order valence-corrected chi connectivity index (χ1v) is 7.61. The number of halogens is 3. The fourth-order valence-electron chi connectivity index (χ4n) is 1.63. The maximum atomic E-state index is 11.8. The summed E-state index contributed by atoms with van der Waals surface area (Å²) in [5, 5.41) is 4.83. The zero-order valence-electron chi connectivity index (χ0n) is 10.8. The summed E-state index contributed by atoms with van der Waals surface area (Å²) in [5.74, 6) is -0.211. The van der Waals surface area contributed by atoms with E-state index in [2.05, 4.69) is 26.5 Å². The van der Waals surface area contributed by atoms with Gasteiger partial charge < -0.3 is 0 Å². The Hall–Kier alpha value is -1.36. The third-order valence-corrected chi connectivity index (χ3v) is 3.85. The zero-order valence-corrected chi connectivity index (χ0v) is 13.9.